The summed E-state index contributed by atoms with van der Waals surface area (Å²) in [4.78, 5) is 2.61. The lowest BCUT2D eigenvalue weighted by Gasteiger charge is -2.26. The highest BCUT2D eigenvalue weighted by atomic mass is 15.2. The van der Waals surface area contributed by atoms with Crippen LogP contribution in [-0.2, 0) is 6.42 Å². The average Bonchev–Trinajstić information content (AvgIpc) is 2.92. The number of hydrogen-bond donors (Lipinski definition) is 1. The molecule has 1 saturated heterocycles. The van der Waals surface area contributed by atoms with Gasteiger partial charge in [-0.15, -0.1) is 0 Å². The van der Waals surface area contributed by atoms with Crippen LogP contribution in [-0.4, -0.2) is 36.6 Å². The predicted octanol–water partition coefficient (Wildman–Crippen LogP) is 3.08. The summed E-state index contributed by atoms with van der Waals surface area (Å²) in [5.74, 6) is 0. The van der Waals surface area contributed by atoms with E-state index in [1.165, 1.54) is 37.9 Å². The van der Waals surface area contributed by atoms with E-state index in [0.29, 0.717) is 6.04 Å². The van der Waals surface area contributed by atoms with Gasteiger partial charge in [0.15, 0.2) is 0 Å². The van der Waals surface area contributed by atoms with E-state index in [4.69, 9.17) is 0 Å². The van der Waals surface area contributed by atoms with Crippen molar-refractivity contribution < 1.29 is 0 Å². The molecule has 19 heavy (non-hydrogen) atoms. The molecule has 0 aliphatic carbocycles. The third-order valence-electron chi connectivity index (χ3n) is 4.37. The molecule has 1 aromatic carbocycles. The molecule has 2 heteroatoms. The van der Waals surface area contributed by atoms with Crippen LogP contribution in [0, 0.1) is 0 Å². The second kappa shape index (κ2) is 7.66. The van der Waals surface area contributed by atoms with Gasteiger partial charge in [0.2, 0.25) is 0 Å². The summed E-state index contributed by atoms with van der Waals surface area (Å²) in [7, 11) is 0. The van der Waals surface area contributed by atoms with Crippen molar-refractivity contribution in [2.24, 2.45) is 0 Å². The molecule has 2 rings (SSSR count). The number of hydrogen-bond acceptors (Lipinski definition) is 2. The number of nitrogens with zero attached hydrogens (tertiary/aromatic N) is 1. The monoisotopic (exact) mass is 260 g/mol. The number of likely N-dealkylation sites (tertiary alicyclic amines) is 1. The zero-order valence-electron chi connectivity index (χ0n) is 12.4. The van der Waals surface area contributed by atoms with Crippen molar-refractivity contribution in [1.29, 1.82) is 0 Å². The Balaban J connectivity index is 1.79. The molecule has 1 aliphatic rings. The van der Waals surface area contributed by atoms with Gasteiger partial charge in [-0.25, -0.2) is 0 Å². The summed E-state index contributed by atoms with van der Waals surface area (Å²) in [6.45, 7) is 8.20. The Morgan fingerprint density at radius 1 is 1.26 bits per heavy atom. The summed E-state index contributed by atoms with van der Waals surface area (Å²) >= 11 is 0. The van der Waals surface area contributed by atoms with Crippen LogP contribution in [0.1, 0.15) is 38.7 Å². The van der Waals surface area contributed by atoms with Crippen molar-refractivity contribution in [3.63, 3.8) is 0 Å². The normalized spacial score (nSPS) is 21.7. The van der Waals surface area contributed by atoms with Crippen molar-refractivity contribution >= 4 is 0 Å². The molecule has 0 amide bonds. The molecular weight excluding hydrogens is 232 g/mol. The van der Waals surface area contributed by atoms with Gasteiger partial charge in [0.25, 0.3) is 0 Å². The van der Waals surface area contributed by atoms with Gasteiger partial charge in [0.05, 0.1) is 0 Å². The number of nitrogens with one attached hydrogen (secondary N) is 1. The summed E-state index contributed by atoms with van der Waals surface area (Å²) in [5, 5.41) is 3.78. The van der Waals surface area contributed by atoms with E-state index in [0.717, 1.165) is 19.0 Å². The van der Waals surface area contributed by atoms with Gasteiger partial charge >= 0.3 is 0 Å². The van der Waals surface area contributed by atoms with E-state index in [9.17, 15) is 0 Å². The minimum atomic E-state index is 0.613. The first-order valence-corrected chi connectivity index (χ1v) is 7.84. The van der Waals surface area contributed by atoms with E-state index < -0.39 is 0 Å². The van der Waals surface area contributed by atoms with E-state index in [2.05, 4.69) is 54.4 Å². The van der Waals surface area contributed by atoms with Gasteiger partial charge < -0.3 is 5.32 Å². The molecule has 1 aliphatic heterocycles. The van der Waals surface area contributed by atoms with Crippen LogP contribution in [0.25, 0.3) is 0 Å². The highest BCUT2D eigenvalue weighted by Crippen LogP contribution is 2.16. The molecule has 0 saturated carbocycles. The maximum atomic E-state index is 3.78. The quantitative estimate of drug-likeness (QED) is 0.810. The Morgan fingerprint density at radius 2 is 2.05 bits per heavy atom. The lowest BCUT2D eigenvalue weighted by atomic mass is 10.0. The molecule has 0 spiro atoms. The Hall–Kier alpha value is -0.860. The molecule has 2 nitrogen and oxygen atoms in total. The number of likely N-dealkylation sites (N-methyl/N-ethyl adjacent to an activating group) is 1. The van der Waals surface area contributed by atoms with Crippen LogP contribution >= 0.6 is 0 Å². The van der Waals surface area contributed by atoms with E-state index in [-0.39, 0.29) is 0 Å². The van der Waals surface area contributed by atoms with Gasteiger partial charge in [0.1, 0.15) is 0 Å². The van der Waals surface area contributed by atoms with Gasteiger partial charge in [-0.2, -0.15) is 0 Å². The molecule has 0 bridgehead atoms. The van der Waals surface area contributed by atoms with Gasteiger partial charge in [-0.3, -0.25) is 4.90 Å². The molecule has 1 fully saturated rings. The second-order valence-corrected chi connectivity index (χ2v) is 5.63. The van der Waals surface area contributed by atoms with E-state index in [1.54, 1.807) is 0 Å². The number of benzene rings is 1. The van der Waals surface area contributed by atoms with Crippen molar-refractivity contribution in [2.45, 2.75) is 51.6 Å². The standard InChI is InChI=1S/C17H28N2/c1-3-16(13-15-9-6-5-7-10-15)18-14-17-11-8-12-19(17)4-2/h5-7,9-10,16-18H,3-4,8,11-14H2,1-2H3. The predicted molar refractivity (Wildman–Crippen MR) is 82.5 cm³/mol. The topological polar surface area (TPSA) is 15.3 Å². The van der Waals surface area contributed by atoms with Crippen molar-refractivity contribution in [2.75, 3.05) is 19.6 Å². The smallest absolute Gasteiger partial charge is 0.0221 e. The first-order chi connectivity index (χ1) is 9.33. The zero-order valence-corrected chi connectivity index (χ0v) is 12.4. The maximum absolute atomic E-state index is 3.78. The third kappa shape index (κ3) is 4.32. The largest absolute Gasteiger partial charge is 0.312 e. The number of rotatable bonds is 7. The summed E-state index contributed by atoms with van der Waals surface area (Å²) < 4.78 is 0. The SMILES string of the molecule is CCC(Cc1ccccc1)NCC1CCCN1CC. The molecule has 0 radical (unpaired) electrons. The molecular formula is C17H28N2. The Labute approximate surface area is 118 Å². The second-order valence-electron chi connectivity index (χ2n) is 5.63. The maximum Gasteiger partial charge on any atom is 0.0221 e. The minimum absolute atomic E-state index is 0.613. The van der Waals surface area contributed by atoms with Crippen LogP contribution in [0.3, 0.4) is 0 Å². The fourth-order valence-corrected chi connectivity index (χ4v) is 3.10. The van der Waals surface area contributed by atoms with Crippen molar-refractivity contribution in [1.82, 2.24) is 10.2 Å². The lowest BCUT2D eigenvalue weighted by Crippen LogP contribution is -2.42. The molecule has 2 atom stereocenters. The lowest BCUT2D eigenvalue weighted by molar-refractivity contribution is 0.252. The molecule has 0 aromatic heterocycles. The van der Waals surface area contributed by atoms with Crippen LogP contribution in [0.15, 0.2) is 30.3 Å². The Bertz CT molecular complexity index is 350. The van der Waals surface area contributed by atoms with Gasteiger partial charge in [0, 0.05) is 18.6 Å². The first-order valence-electron chi connectivity index (χ1n) is 7.84. The Morgan fingerprint density at radius 3 is 2.74 bits per heavy atom. The highest BCUT2D eigenvalue weighted by molar-refractivity contribution is 5.15. The summed E-state index contributed by atoms with van der Waals surface area (Å²) in [6.07, 6.45) is 5.09. The third-order valence-corrected chi connectivity index (χ3v) is 4.37. The zero-order chi connectivity index (χ0) is 13.5. The molecule has 2 unspecified atom stereocenters. The van der Waals surface area contributed by atoms with Crippen LogP contribution < -0.4 is 5.32 Å². The van der Waals surface area contributed by atoms with Crippen LogP contribution in [0.5, 0.6) is 0 Å². The van der Waals surface area contributed by atoms with Crippen molar-refractivity contribution in [3.8, 4) is 0 Å². The molecule has 1 heterocycles. The van der Waals surface area contributed by atoms with Gasteiger partial charge in [-0.1, -0.05) is 44.2 Å². The fraction of sp³-hybridized carbons (Fsp3) is 0.647. The van der Waals surface area contributed by atoms with E-state index in [1.807, 2.05) is 0 Å². The summed E-state index contributed by atoms with van der Waals surface area (Å²) in [6, 6.07) is 12.2. The highest BCUT2D eigenvalue weighted by Gasteiger charge is 2.23. The van der Waals surface area contributed by atoms with Crippen LogP contribution in [0.2, 0.25) is 0 Å². The first kappa shape index (κ1) is 14.5. The molecule has 1 aromatic rings. The fourth-order valence-electron chi connectivity index (χ4n) is 3.10. The average molecular weight is 260 g/mol. The van der Waals surface area contributed by atoms with Crippen LogP contribution in [0.4, 0.5) is 0 Å². The Kier molecular flexibility index (Phi) is 5.87. The van der Waals surface area contributed by atoms with Gasteiger partial charge in [-0.05, 0) is 44.3 Å². The molecule has 106 valence electrons. The van der Waals surface area contributed by atoms with Crippen molar-refractivity contribution in [3.05, 3.63) is 35.9 Å². The summed E-state index contributed by atoms with van der Waals surface area (Å²) in [5.41, 5.74) is 1.45. The van der Waals surface area contributed by atoms with E-state index >= 15 is 0 Å². The minimum Gasteiger partial charge on any atom is -0.312 e. The molecule has 1 N–H and O–H groups in total.